The molecule has 26 heavy (non-hydrogen) atoms. The number of rotatable bonds is 5. The molecular formula is C18H23N5O2S. The van der Waals surface area contributed by atoms with Crippen LogP contribution in [-0.4, -0.2) is 25.3 Å². The van der Waals surface area contributed by atoms with Crippen molar-refractivity contribution in [2.75, 3.05) is 4.90 Å². The number of hydrogen-bond acceptors (Lipinski definition) is 5. The van der Waals surface area contributed by atoms with E-state index in [0.29, 0.717) is 18.6 Å². The molecule has 1 aromatic carbocycles. The number of hydrogen-bond donors (Lipinski definition) is 0. The zero-order valence-corrected chi connectivity index (χ0v) is 16.1. The molecule has 1 fully saturated rings. The van der Waals surface area contributed by atoms with Gasteiger partial charge >= 0.3 is 0 Å². The number of aromatic nitrogens is 3. The van der Waals surface area contributed by atoms with Gasteiger partial charge in [-0.15, -0.1) is 0 Å². The molecule has 2 heterocycles. The molecule has 2 aromatic rings. The van der Waals surface area contributed by atoms with E-state index in [4.69, 9.17) is 17.3 Å². The van der Waals surface area contributed by atoms with Crippen LogP contribution in [0.1, 0.15) is 57.0 Å². The topological polar surface area (TPSA) is 69.1 Å². The fourth-order valence-electron chi connectivity index (χ4n) is 3.75. The first-order valence-electron chi connectivity index (χ1n) is 9.10. The lowest BCUT2D eigenvalue weighted by atomic mass is 10.1. The maximum absolute atomic E-state index is 11.0. The average molecular weight is 373 g/mol. The first-order valence-corrected chi connectivity index (χ1v) is 9.51. The highest BCUT2D eigenvalue weighted by Gasteiger charge is 2.32. The van der Waals surface area contributed by atoms with E-state index in [1.807, 2.05) is 10.7 Å². The van der Waals surface area contributed by atoms with Crippen LogP contribution in [0.3, 0.4) is 0 Å². The van der Waals surface area contributed by atoms with Crippen LogP contribution in [0, 0.1) is 14.9 Å². The van der Waals surface area contributed by atoms with Crippen molar-refractivity contribution in [3.63, 3.8) is 0 Å². The number of nitro benzene ring substituents is 1. The van der Waals surface area contributed by atoms with Crippen molar-refractivity contribution in [1.29, 1.82) is 0 Å². The van der Waals surface area contributed by atoms with Crippen LogP contribution >= 0.6 is 12.2 Å². The van der Waals surface area contributed by atoms with E-state index in [9.17, 15) is 10.1 Å². The standard InChI is InChI=1S/C18H23N5O2S/c1-11(2)17-19-21(18(26)22(17)14-4-5-14)10-20-12(3)8-13-9-15(23(24)25)6-7-16(13)20/h6-7,9,11-12,14H,4-5,8,10H2,1-3H3/t12-/m1/s1. The molecule has 0 N–H and O–H groups in total. The number of fused-ring (bicyclic) bond motifs is 1. The SMILES string of the molecule is CC(C)c1nn(CN2c3ccc([N+](=O)[O-])cc3C[C@H]2C)c(=S)n1C1CC1. The molecule has 138 valence electrons. The van der Waals surface area contributed by atoms with Crippen LogP contribution in [0.2, 0.25) is 0 Å². The molecule has 8 heteroatoms. The van der Waals surface area contributed by atoms with Gasteiger partial charge in [-0.25, -0.2) is 4.68 Å². The number of anilines is 1. The Bertz CT molecular complexity index is 928. The number of nitrogens with zero attached hydrogens (tertiary/aromatic N) is 5. The van der Waals surface area contributed by atoms with Crippen LogP contribution in [0.15, 0.2) is 18.2 Å². The molecule has 0 amide bonds. The fraction of sp³-hybridized carbons (Fsp3) is 0.556. The van der Waals surface area contributed by atoms with Crippen molar-refractivity contribution in [3.05, 3.63) is 44.5 Å². The summed E-state index contributed by atoms with van der Waals surface area (Å²) < 4.78 is 4.91. The molecule has 1 aromatic heterocycles. The second-order valence-electron chi connectivity index (χ2n) is 7.63. The molecule has 0 unspecified atom stereocenters. The number of non-ortho nitro benzene ring substituents is 1. The number of nitro groups is 1. The Morgan fingerprint density at radius 2 is 2.12 bits per heavy atom. The monoisotopic (exact) mass is 373 g/mol. The van der Waals surface area contributed by atoms with Gasteiger partial charge in [-0.05, 0) is 50.0 Å². The van der Waals surface area contributed by atoms with Crippen molar-refractivity contribution in [1.82, 2.24) is 14.3 Å². The third-order valence-corrected chi connectivity index (χ3v) is 5.65. The largest absolute Gasteiger partial charge is 0.349 e. The molecule has 7 nitrogen and oxygen atoms in total. The summed E-state index contributed by atoms with van der Waals surface area (Å²) in [6.45, 7) is 7.00. The number of benzene rings is 1. The summed E-state index contributed by atoms with van der Waals surface area (Å²) in [5, 5.41) is 15.8. The third-order valence-electron chi connectivity index (χ3n) is 5.24. The molecule has 1 saturated carbocycles. The van der Waals surface area contributed by atoms with Gasteiger partial charge < -0.3 is 9.47 Å². The lowest BCUT2D eigenvalue weighted by Gasteiger charge is -2.24. The van der Waals surface area contributed by atoms with Gasteiger partial charge in [0.1, 0.15) is 12.5 Å². The zero-order chi connectivity index (χ0) is 18.6. The van der Waals surface area contributed by atoms with Crippen molar-refractivity contribution in [3.8, 4) is 0 Å². The molecule has 0 spiro atoms. The van der Waals surface area contributed by atoms with Crippen molar-refractivity contribution in [2.24, 2.45) is 0 Å². The molecule has 0 bridgehead atoms. The summed E-state index contributed by atoms with van der Waals surface area (Å²) in [6.07, 6.45) is 3.14. The molecule has 2 aliphatic rings. The molecule has 1 aliphatic heterocycles. The lowest BCUT2D eigenvalue weighted by molar-refractivity contribution is -0.384. The van der Waals surface area contributed by atoms with Crippen LogP contribution < -0.4 is 4.90 Å². The van der Waals surface area contributed by atoms with Gasteiger partial charge in [0.2, 0.25) is 0 Å². The second-order valence-corrected chi connectivity index (χ2v) is 8.00. The van der Waals surface area contributed by atoms with Crippen LogP contribution in [0.5, 0.6) is 0 Å². The van der Waals surface area contributed by atoms with Crippen LogP contribution in [0.4, 0.5) is 11.4 Å². The summed E-state index contributed by atoms with van der Waals surface area (Å²) in [5.41, 5.74) is 2.20. The minimum absolute atomic E-state index is 0.148. The predicted octanol–water partition coefficient (Wildman–Crippen LogP) is 4.19. The Balaban J connectivity index is 1.68. The van der Waals surface area contributed by atoms with E-state index in [0.717, 1.165) is 28.3 Å². The maximum atomic E-state index is 11.0. The normalized spacial score (nSPS) is 19.2. The van der Waals surface area contributed by atoms with Gasteiger partial charge in [-0.1, -0.05) is 13.8 Å². The van der Waals surface area contributed by atoms with Gasteiger partial charge in [0, 0.05) is 35.8 Å². The lowest BCUT2D eigenvalue weighted by Crippen LogP contribution is -2.32. The van der Waals surface area contributed by atoms with E-state index in [1.54, 1.807) is 12.1 Å². The smallest absolute Gasteiger partial charge is 0.269 e. The molecule has 0 saturated heterocycles. The van der Waals surface area contributed by atoms with E-state index in [-0.39, 0.29) is 16.7 Å². The van der Waals surface area contributed by atoms with E-state index in [2.05, 4.69) is 30.2 Å². The molecule has 1 atom stereocenters. The Labute approximate surface area is 157 Å². The first-order chi connectivity index (χ1) is 12.4. The quantitative estimate of drug-likeness (QED) is 0.446. The van der Waals surface area contributed by atoms with Crippen molar-refractivity contribution in [2.45, 2.75) is 64.7 Å². The Hall–Kier alpha value is -2.22. The van der Waals surface area contributed by atoms with Crippen LogP contribution in [-0.2, 0) is 13.1 Å². The van der Waals surface area contributed by atoms with Crippen molar-refractivity contribution >= 4 is 23.6 Å². The highest BCUT2D eigenvalue weighted by molar-refractivity contribution is 7.71. The Kier molecular flexibility index (Phi) is 4.10. The highest BCUT2D eigenvalue weighted by Crippen LogP contribution is 2.38. The van der Waals surface area contributed by atoms with Gasteiger partial charge in [-0.3, -0.25) is 10.1 Å². The minimum atomic E-state index is -0.337. The summed E-state index contributed by atoms with van der Waals surface area (Å²) in [5.74, 6) is 1.37. The van der Waals surface area contributed by atoms with Gasteiger partial charge in [0.05, 0.1) is 4.92 Å². The Morgan fingerprint density at radius 1 is 1.38 bits per heavy atom. The second kappa shape index (κ2) is 6.19. The first kappa shape index (κ1) is 17.2. The predicted molar refractivity (Wildman–Crippen MR) is 102 cm³/mol. The average Bonchev–Trinajstić information content (AvgIpc) is 3.30. The molecule has 4 rings (SSSR count). The van der Waals surface area contributed by atoms with E-state index >= 15 is 0 Å². The van der Waals surface area contributed by atoms with E-state index in [1.165, 1.54) is 12.8 Å². The Morgan fingerprint density at radius 3 is 2.73 bits per heavy atom. The van der Waals surface area contributed by atoms with Gasteiger partial charge in [0.15, 0.2) is 4.77 Å². The molecule has 1 aliphatic carbocycles. The third kappa shape index (κ3) is 2.82. The van der Waals surface area contributed by atoms with Gasteiger partial charge in [-0.2, -0.15) is 5.10 Å². The maximum Gasteiger partial charge on any atom is 0.269 e. The van der Waals surface area contributed by atoms with Crippen molar-refractivity contribution < 1.29 is 4.92 Å². The summed E-state index contributed by atoms with van der Waals surface area (Å²) in [4.78, 5) is 12.9. The summed E-state index contributed by atoms with van der Waals surface area (Å²) in [7, 11) is 0. The van der Waals surface area contributed by atoms with E-state index < -0.39 is 0 Å². The minimum Gasteiger partial charge on any atom is -0.349 e. The van der Waals surface area contributed by atoms with Gasteiger partial charge in [0.25, 0.3) is 5.69 Å². The summed E-state index contributed by atoms with van der Waals surface area (Å²) >= 11 is 5.72. The summed E-state index contributed by atoms with van der Waals surface area (Å²) in [6, 6.07) is 5.86. The fourth-order valence-corrected chi connectivity index (χ4v) is 4.09. The molecular weight excluding hydrogens is 350 g/mol. The van der Waals surface area contributed by atoms with Crippen LogP contribution in [0.25, 0.3) is 0 Å². The highest BCUT2D eigenvalue weighted by atomic mass is 32.1. The zero-order valence-electron chi connectivity index (χ0n) is 15.3. The molecule has 0 radical (unpaired) electrons.